The normalized spacial score (nSPS) is 12.3. The maximum Gasteiger partial charge on any atom is 0.103 e. The standard InChI is InChI=1S/C18H17N3/c1-14(21-16-11-7-4-8-12-16)17(13-19)18(20-2)15-9-5-3-6-10-15/h3-12,21H,1-2H3. The number of hydrogen-bond acceptors (Lipinski definition) is 3. The summed E-state index contributed by atoms with van der Waals surface area (Å²) in [7, 11) is 1.70. The molecule has 3 heteroatoms. The van der Waals surface area contributed by atoms with Gasteiger partial charge in [0.2, 0.25) is 0 Å². The molecule has 1 N–H and O–H groups in total. The number of para-hydroxylation sites is 1. The van der Waals surface area contributed by atoms with Gasteiger partial charge in [-0.3, -0.25) is 4.99 Å². The summed E-state index contributed by atoms with van der Waals surface area (Å²) < 4.78 is 0. The summed E-state index contributed by atoms with van der Waals surface area (Å²) in [5.74, 6) is 0. The van der Waals surface area contributed by atoms with Crippen LogP contribution in [0.3, 0.4) is 0 Å². The number of benzene rings is 2. The quantitative estimate of drug-likeness (QED) is 0.677. The molecule has 0 spiro atoms. The zero-order valence-corrected chi connectivity index (χ0v) is 12.2. The van der Waals surface area contributed by atoms with Gasteiger partial charge in [-0.1, -0.05) is 48.5 Å². The Morgan fingerprint density at radius 2 is 1.57 bits per heavy atom. The highest BCUT2D eigenvalue weighted by Crippen LogP contribution is 2.16. The number of rotatable bonds is 4. The highest BCUT2D eigenvalue weighted by atomic mass is 14.9. The van der Waals surface area contributed by atoms with Crippen LogP contribution in [0.2, 0.25) is 0 Å². The molecule has 3 nitrogen and oxygen atoms in total. The Balaban J connectivity index is 2.38. The van der Waals surface area contributed by atoms with Crippen LogP contribution in [0.5, 0.6) is 0 Å². The second kappa shape index (κ2) is 7.06. The fourth-order valence-electron chi connectivity index (χ4n) is 2.10. The lowest BCUT2D eigenvalue weighted by atomic mass is 10.0. The fourth-order valence-corrected chi connectivity index (χ4v) is 2.10. The van der Waals surface area contributed by atoms with Crippen molar-refractivity contribution in [1.82, 2.24) is 0 Å². The predicted octanol–water partition coefficient (Wildman–Crippen LogP) is 4.02. The minimum atomic E-state index is 0.549. The van der Waals surface area contributed by atoms with Crippen molar-refractivity contribution in [2.24, 2.45) is 4.99 Å². The third kappa shape index (κ3) is 3.58. The summed E-state index contributed by atoms with van der Waals surface area (Å²) in [6.45, 7) is 1.89. The molecule has 0 saturated heterocycles. The third-order valence-corrected chi connectivity index (χ3v) is 3.10. The van der Waals surface area contributed by atoms with Crippen LogP contribution in [0.4, 0.5) is 5.69 Å². The van der Waals surface area contributed by atoms with Crippen LogP contribution in [0.15, 0.2) is 76.9 Å². The van der Waals surface area contributed by atoms with Crippen molar-refractivity contribution in [1.29, 1.82) is 5.26 Å². The van der Waals surface area contributed by atoms with Crippen molar-refractivity contribution in [2.75, 3.05) is 12.4 Å². The molecule has 2 aromatic carbocycles. The SMILES string of the molecule is CN=C(C(C#N)=C(C)Nc1ccccc1)c1ccccc1. The average Bonchev–Trinajstić information content (AvgIpc) is 2.54. The van der Waals surface area contributed by atoms with Gasteiger partial charge in [-0.15, -0.1) is 0 Å². The molecule has 2 aromatic rings. The summed E-state index contributed by atoms with van der Waals surface area (Å²) in [4.78, 5) is 4.29. The van der Waals surface area contributed by atoms with E-state index in [4.69, 9.17) is 0 Å². The Morgan fingerprint density at radius 1 is 1.00 bits per heavy atom. The first kappa shape index (κ1) is 14.5. The van der Waals surface area contributed by atoms with Gasteiger partial charge in [-0.25, -0.2) is 0 Å². The lowest BCUT2D eigenvalue weighted by molar-refractivity contribution is 1.32. The average molecular weight is 275 g/mol. The molecule has 2 rings (SSSR count). The van der Waals surface area contributed by atoms with Crippen molar-refractivity contribution < 1.29 is 0 Å². The molecule has 0 aliphatic carbocycles. The van der Waals surface area contributed by atoms with E-state index in [1.165, 1.54) is 0 Å². The van der Waals surface area contributed by atoms with Gasteiger partial charge in [0.05, 0.1) is 11.3 Å². The van der Waals surface area contributed by atoms with Crippen LogP contribution < -0.4 is 5.32 Å². The number of hydrogen-bond donors (Lipinski definition) is 1. The minimum absolute atomic E-state index is 0.549. The molecule has 0 aromatic heterocycles. The first-order valence-corrected chi connectivity index (χ1v) is 6.72. The van der Waals surface area contributed by atoms with Gasteiger partial charge in [0.15, 0.2) is 0 Å². The van der Waals surface area contributed by atoms with E-state index in [2.05, 4.69) is 16.4 Å². The molecule has 0 bridgehead atoms. The van der Waals surface area contributed by atoms with E-state index in [0.717, 1.165) is 16.9 Å². The summed E-state index contributed by atoms with van der Waals surface area (Å²) in [5, 5.41) is 12.8. The largest absolute Gasteiger partial charge is 0.358 e. The Bertz CT molecular complexity index is 692. The van der Waals surface area contributed by atoms with E-state index in [-0.39, 0.29) is 0 Å². The minimum Gasteiger partial charge on any atom is -0.358 e. The van der Waals surface area contributed by atoms with E-state index >= 15 is 0 Å². The highest BCUT2D eigenvalue weighted by Gasteiger charge is 2.12. The molecule has 0 saturated carbocycles. The summed E-state index contributed by atoms with van der Waals surface area (Å²) in [6, 6.07) is 21.8. The van der Waals surface area contributed by atoms with Crippen LogP contribution in [0, 0.1) is 11.3 Å². The van der Waals surface area contributed by atoms with Crippen LogP contribution >= 0.6 is 0 Å². The second-order valence-electron chi connectivity index (χ2n) is 4.54. The summed E-state index contributed by atoms with van der Waals surface area (Å²) in [6.07, 6.45) is 0. The second-order valence-corrected chi connectivity index (χ2v) is 4.54. The van der Waals surface area contributed by atoms with E-state index in [9.17, 15) is 5.26 Å². The van der Waals surface area contributed by atoms with Gasteiger partial charge < -0.3 is 5.32 Å². The van der Waals surface area contributed by atoms with Crippen molar-refractivity contribution >= 4 is 11.4 Å². The number of allylic oxidation sites excluding steroid dienone is 2. The molecule has 0 radical (unpaired) electrons. The Morgan fingerprint density at radius 3 is 2.10 bits per heavy atom. The molecular weight excluding hydrogens is 258 g/mol. The molecule has 0 amide bonds. The number of nitriles is 1. The Labute approximate surface area is 125 Å². The lowest BCUT2D eigenvalue weighted by Gasteiger charge is -2.11. The number of anilines is 1. The maximum absolute atomic E-state index is 9.51. The van der Waals surface area contributed by atoms with E-state index in [1.807, 2.05) is 67.6 Å². The highest BCUT2D eigenvalue weighted by molar-refractivity contribution is 6.15. The topological polar surface area (TPSA) is 48.2 Å². The molecule has 0 atom stereocenters. The zero-order valence-electron chi connectivity index (χ0n) is 12.2. The first-order chi connectivity index (χ1) is 10.3. The fraction of sp³-hybridized carbons (Fsp3) is 0.111. The Hall–Kier alpha value is -2.86. The summed E-state index contributed by atoms with van der Waals surface area (Å²) >= 11 is 0. The van der Waals surface area contributed by atoms with Gasteiger partial charge in [-0.2, -0.15) is 5.26 Å². The first-order valence-electron chi connectivity index (χ1n) is 6.72. The molecule has 104 valence electrons. The lowest BCUT2D eigenvalue weighted by Crippen LogP contribution is -2.10. The monoisotopic (exact) mass is 275 g/mol. The number of aliphatic imine (C=N–C) groups is 1. The number of nitrogens with zero attached hydrogens (tertiary/aromatic N) is 2. The van der Waals surface area contributed by atoms with Crippen molar-refractivity contribution in [3.8, 4) is 6.07 Å². The maximum atomic E-state index is 9.51. The van der Waals surface area contributed by atoms with E-state index in [0.29, 0.717) is 11.3 Å². The molecule has 0 heterocycles. The van der Waals surface area contributed by atoms with Gasteiger partial charge in [0, 0.05) is 24.0 Å². The van der Waals surface area contributed by atoms with Gasteiger partial charge >= 0.3 is 0 Å². The molecule has 0 unspecified atom stereocenters. The van der Waals surface area contributed by atoms with Crippen LogP contribution in [0.1, 0.15) is 12.5 Å². The number of nitrogens with one attached hydrogen (secondary N) is 1. The van der Waals surface area contributed by atoms with Crippen molar-refractivity contribution in [2.45, 2.75) is 6.92 Å². The Kier molecular flexibility index (Phi) is 4.89. The molecule has 21 heavy (non-hydrogen) atoms. The predicted molar refractivity (Wildman–Crippen MR) is 87.3 cm³/mol. The van der Waals surface area contributed by atoms with Gasteiger partial charge in [0.1, 0.15) is 6.07 Å². The third-order valence-electron chi connectivity index (χ3n) is 3.10. The summed E-state index contributed by atoms with van der Waals surface area (Å²) in [5.41, 5.74) is 3.91. The van der Waals surface area contributed by atoms with Gasteiger partial charge in [-0.05, 0) is 19.1 Å². The van der Waals surface area contributed by atoms with E-state index in [1.54, 1.807) is 7.05 Å². The zero-order chi connectivity index (χ0) is 15.1. The molecule has 0 fully saturated rings. The van der Waals surface area contributed by atoms with E-state index < -0.39 is 0 Å². The van der Waals surface area contributed by atoms with Crippen molar-refractivity contribution in [3.05, 3.63) is 77.5 Å². The smallest absolute Gasteiger partial charge is 0.103 e. The molecule has 0 aliphatic heterocycles. The molecule has 0 aliphatic rings. The molecular formula is C18H17N3. The van der Waals surface area contributed by atoms with Crippen LogP contribution in [-0.2, 0) is 0 Å². The van der Waals surface area contributed by atoms with Crippen LogP contribution in [0.25, 0.3) is 0 Å². The van der Waals surface area contributed by atoms with Crippen molar-refractivity contribution in [3.63, 3.8) is 0 Å². The van der Waals surface area contributed by atoms with Gasteiger partial charge in [0.25, 0.3) is 0 Å². The van der Waals surface area contributed by atoms with Crippen LogP contribution in [-0.4, -0.2) is 12.8 Å².